The number of halogens is 1. The van der Waals surface area contributed by atoms with Gasteiger partial charge in [0.25, 0.3) is 0 Å². The molecule has 6 heteroatoms. The van der Waals surface area contributed by atoms with Crippen LogP contribution in [0, 0.1) is 17.7 Å². The van der Waals surface area contributed by atoms with Crippen molar-refractivity contribution in [2.75, 3.05) is 0 Å². The zero-order valence-corrected chi connectivity index (χ0v) is 15.4. The molecule has 0 bridgehead atoms. The summed E-state index contributed by atoms with van der Waals surface area (Å²) in [4.78, 5) is 15.5. The van der Waals surface area contributed by atoms with Gasteiger partial charge < -0.3 is 14.6 Å². The van der Waals surface area contributed by atoms with E-state index in [9.17, 15) is 14.3 Å². The van der Waals surface area contributed by atoms with Crippen LogP contribution in [0.3, 0.4) is 0 Å². The summed E-state index contributed by atoms with van der Waals surface area (Å²) >= 11 is 0. The third kappa shape index (κ3) is 3.31. The number of rotatable bonds is 6. The molecule has 3 atom stereocenters. The molecule has 1 fully saturated rings. The first-order chi connectivity index (χ1) is 14.1. The topological polar surface area (TPSA) is 68.7 Å². The van der Waals surface area contributed by atoms with Crippen molar-refractivity contribution >= 4 is 5.97 Å². The van der Waals surface area contributed by atoms with Crippen molar-refractivity contribution in [3.63, 3.8) is 0 Å². The quantitative estimate of drug-likeness (QED) is 0.667. The van der Waals surface area contributed by atoms with E-state index in [1.165, 1.54) is 6.07 Å². The van der Waals surface area contributed by atoms with Crippen LogP contribution < -0.4 is 9.47 Å². The number of ether oxygens (including phenoxy) is 2. The summed E-state index contributed by atoms with van der Waals surface area (Å²) in [5.41, 5.74) is 2.44. The van der Waals surface area contributed by atoms with Crippen LogP contribution in [0.5, 0.6) is 17.4 Å². The van der Waals surface area contributed by atoms with Gasteiger partial charge in [0, 0.05) is 23.7 Å². The first-order valence-corrected chi connectivity index (χ1v) is 9.46. The molecule has 5 rings (SSSR count). The molecule has 1 saturated carbocycles. The molecule has 0 saturated heterocycles. The van der Waals surface area contributed by atoms with Crippen LogP contribution in [0.15, 0.2) is 60.8 Å². The second kappa shape index (κ2) is 6.88. The van der Waals surface area contributed by atoms with E-state index in [1.54, 1.807) is 18.3 Å². The van der Waals surface area contributed by atoms with Gasteiger partial charge in [-0.05, 0) is 53.8 Å². The largest absolute Gasteiger partial charge is 0.481 e. The zero-order valence-electron chi connectivity index (χ0n) is 15.4. The Morgan fingerprint density at radius 3 is 2.76 bits per heavy atom. The minimum atomic E-state index is -0.737. The normalized spacial score (nSPS) is 21.2. The summed E-state index contributed by atoms with van der Waals surface area (Å²) in [7, 11) is 0. The third-order valence-corrected chi connectivity index (χ3v) is 5.64. The maximum absolute atomic E-state index is 14.2. The van der Waals surface area contributed by atoms with Gasteiger partial charge in [-0.15, -0.1) is 0 Å². The lowest BCUT2D eigenvalue weighted by Crippen LogP contribution is -2.06. The van der Waals surface area contributed by atoms with Crippen LogP contribution in [-0.4, -0.2) is 16.1 Å². The molecule has 1 heterocycles. The van der Waals surface area contributed by atoms with Gasteiger partial charge in [-0.2, -0.15) is 0 Å². The number of fused-ring (bicyclic) bond motifs is 3. The summed E-state index contributed by atoms with van der Waals surface area (Å²) in [6, 6.07) is 15.7. The highest BCUT2D eigenvalue weighted by molar-refractivity contribution is 5.77. The molecule has 3 aromatic rings. The molecule has 2 aliphatic rings. The fourth-order valence-corrected chi connectivity index (χ4v) is 4.19. The zero-order chi connectivity index (χ0) is 20.0. The minimum absolute atomic E-state index is 0.0220. The number of hydrogen-bond acceptors (Lipinski definition) is 4. The van der Waals surface area contributed by atoms with Crippen LogP contribution in [0.25, 0.3) is 0 Å². The molecule has 29 heavy (non-hydrogen) atoms. The number of carboxylic acid groups (broad SMARTS) is 1. The molecule has 2 aromatic carbocycles. The number of carboxylic acids is 1. The molecular formula is C23H18FNO4. The smallest absolute Gasteiger partial charge is 0.307 e. The second-order valence-corrected chi connectivity index (χ2v) is 7.44. The highest BCUT2D eigenvalue weighted by Gasteiger charge is 2.59. The number of aliphatic carboxylic acids is 1. The predicted octanol–water partition coefficient (Wildman–Crippen LogP) is 4.56. The van der Waals surface area contributed by atoms with Gasteiger partial charge in [0.15, 0.2) is 0 Å². The van der Waals surface area contributed by atoms with E-state index in [4.69, 9.17) is 9.47 Å². The van der Waals surface area contributed by atoms with Crippen LogP contribution >= 0.6 is 0 Å². The average Bonchev–Trinajstić information content (AvgIpc) is 3.32. The van der Waals surface area contributed by atoms with Crippen molar-refractivity contribution in [1.82, 2.24) is 4.98 Å². The first kappa shape index (κ1) is 17.7. The molecule has 0 unspecified atom stereocenters. The SMILES string of the molecule is O=C(O)[C@H]1[C@@H]2Cc3cc(OCc4cc(Oc5ccccc5)ccc4F)ncc3[C@@H]21. The number of carbonyl (C=O) groups is 1. The van der Waals surface area contributed by atoms with Gasteiger partial charge in [-0.3, -0.25) is 4.79 Å². The van der Waals surface area contributed by atoms with Crippen LogP contribution in [-0.2, 0) is 17.8 Å². The van der Waals surface area contributed by atoms with E-state index >= 15 is 0 Å². The Labute approximate surface area is 166 Å². The summed E-state index contributed by atoms with van der Waals surface area (Å²) in [6.45, 7) is 0.0220. The van der Waals surface area contributed by atoms with Crippen molar-refractivity contribution in [3.05, 3.63) is 83.3 Å². The van der Waals surface area contributed by atoms with Gasteiger partial charge >= 0.3 is 5.97 Å². The Bertz CT molecular complexity index is 1090. The van der Waals surface area contributed by atoms with Crippen LogP contribution in [0.2, 0.25) is 0 Å². The summed E-state index contributed by atoms with van der Waals surface area (Å²) in [5, 5.41) is 9.20. The number of aromatic nitrogens is 1. The van der Waals surface area contributed by atoms with Crippen molar-refractivity contribution in [2.24, 2.45) is 11.8 Å². The molecule has 0 radical (unpaired) electrons. The Kier molecular flexibility index (Phi) is 4.19. The summed E-state index contributed by atoms with van der Waals surface area (Å²) in [5.74, 6) is 0.457. The predicted molar refractivity (Wildman–Crippen MR) is 103 cm³/mol. The van der Waals surface area contributed by atoms with Crippen molar-refractivity contribution < 1.29 is 23.8 Å². The third-order valence-electron chi connectivity index (χ3n) is 5.64. The number of pyridine rings is 1. The number of benzene rings is 2. The molecule has 5 nitrogen and oxygen atoms in total. The average molecular weight is 391 g/mol. The number of para-hydroxylation sites is 1. The fraction of sp³-hybridized carbons (Fsp3) is 0.217. The van der Waals surface area contributed by atoms with Crippen LogP contribution in [0.4, 0.5) is 4.39 Å². The Balaban J connectivity index is 1.27. The Morgan fingerprint density at radius 1 is 1.14 bits per heavy atom. The minimum Gasteiger partial charge on any atom is -0.481 e. The molecule has 0 spiro atoms. The molecule has 1 aromatic heterocycles. The van der Waals surface area contributed by atoms with Crippen molar-refractivity contribution in [2.45, 2.75) is 18.9 Å². The first-order valence-electron chi connectivity index (χ1n) is 9.46. The maximum atomic E-state index is 14.2. The molecule has 2 aliphatic carbocycles. The van der Waals surface area contributed by atoms with Crippen molar-refractivity contribution in [3.8, 4) is 17.4 Å². The monoisotopic (exact) mass is 391 g/mol. The maximum Gasteiger partial charge on any atom is 0.307 e. The second-order valence-electron chi connectivity index (χ2n) is 7.44. The number of hydrogen-bond donors (Lipinski definition) is 1. The van der Waals surface area contributed by atoms with E-state index in [1.807, 2.05) is 36.4 Å². The summed E-state index contributed by atoms with van der Waals surface area (Å²) in [6.07, 6.45) is 2.42. The van der Waals surface area contributed by atoms with E-state index in [0.29, 0.717) is 22.9 Å². The molecule has 1 N–H and O–H groups in total. The molecule has 0 amide bonds. The van der Waals surface area contributed by atoms with Gasteiger partial charge in [0.2, 0.25) is 5.88 Å². The summed E-state index contributed by atoms with van der Waals surface area (Å²) < 4.78 is 25.6. The van der Waals surface area contributed by atoms with Gasteiger partial charge in [-0.25, -0.2) is 9.37 Å². The number of nitrogens with zero attached hydrogens (tertiary/aromatic N) is 1. The standard InChI is InChI=1S/C23H18FNO4/c24-19-7-6-16(29-15-4-2-1-3-5-15)8-14(19)12-28-20-10-13-9-17-21(18(13)11-25-20)22(17)23(26)27/h1-8,10-11,17,21-22H,9,12H2,(H,26,27)/t17-,21-,22+/m1/s1. The lowest BCUT2D eigenvalue weighted by molar-refractivity contribution is -0.139. The lowest BCUT2D eigenvalue weighted by Gasteiger charge is -2.11. The lowest BCUT2D eigenvalue weighted by atomic mass is 10.0. The van der Waals surface area contributed by atoms with E-state index < -0.39 is 5.97 Å². The highest BCUT2D eigenvalue weighted by Crippen LogP contribution is 2.61. The Morgan fingerprint density at radius 2 is 1.97 bits per heavy atom. The molecule has 146 valence electrons. The van der Waals surface area contributed by atoms with Gasteiger partial charge in [0.05, 0.1) is 5.92 Å². The highest BCUT2D eigenvalue weighted by atomic mass is 19.1. The van der Waals surface area contributed by atoms with E-state index in [-0.39, 0.29) is 30.2 Å². The fourth-order valence-electron chi connectivity index (χ4n) is 4.19. The van der Waals surface area contributed by atoms with Crippen LogP contribution in [0.1, 0.15) is 22.6 Å². The molecule has 0 aliphatic heterocycles. The van der Waals surface area contributed by atoms with E-state index in [2.05, 4.69) is 4.98 Å². The van der Waals surface area contributed by atoms with Crippen molar-refractivity contribution in [1.29, 1.82) is 0 Å². The Hall–Kier alpha value is -3.41. The van der Waals surface area contributed by atoms with Gasteiger partial charge in [0.1, 0.15) is 23.9 Å². The van der Waals surface area contributed by atoms with Gasteiger partial charge in [-0.1, -0.05) is 18.2 Å². The van der Waals surface area contributed by atoms with E-state index in [0.717, 1.165) is 17.5 Å². The molecular weight excluding hydrogens is 373 g/mol.